The maximum absolute atomic E-state index is 11.8. The van der Waals surface area contributed by atoms with Crippen molar-refractivity contribution in [2.45, 2.75) is 25.3 Å². The number of likely N-dealkylation sites (N-methyl/N-ethyl adjacent to an activating group) is 1. The Balaban J connectivity index is 0.00000225. The van der Waals surface area contributed by atoms with E-state index in [1.807, 2.05) is 18.2 Å². The summed E-state index contributed by atoms with van der Waals surface area (Å²) < 4.78 is 5.71. The summed E-state index contributed by atoms with van der Waals surface area (Å²) in [7, 11) is 3.49. The predicted octanol–water partition coefficient (Wildman–Crippen LogP) is 2.16. The number of halogens is 1. The molecule has 1 aliphatic heterocycles. The van der Waals surface area contributed by atoms with Crippen LogP contribution in [-0.2, 0) is 4.79 Å². The molecule has 1 atom stereocenters. The summed E-state index contributed by atoms with van der Waals surface area (Å²) in [5.41, 5.74) is 1.14. The van der Waals surface area contributed by atoms with Crippen LogP contribution in [0.1, 0.15) is 30.9 Å². The summed E-state index contributed by atoms with van der Waals surface area (Å²) >= 11 is 0. The van der Waals surface area contributed by atoms with E-state index in [2.05, 4.69) is 21.7 Å². The fourth-order valence-corrected chi connectivity index (χ4v) is 2.66. The average Bonchev–Trinajstić information content (AvgIpc) is 3.41. The lowest BCUT2D eigenvalue weighted by atomic mass is 10.0. The summed E-state index contributed by atoms with van der Waals surface area (Å²) in [6, 6.07) is 8.22. The van der Waals surface area contributed by atoms with Gasteiger partial charge in [0.05, 0.1) is 12.6 Å². The van der Waals surface area contributed by atoms with Crippen molar-refractivity contribution in [1.29, 1.82) is 0 Å². The van der Waals surface area contributed by atoms with Crippen molar-refractivity contribution >= 4 is 35.8 Å². The maximum atomic E-state index is 11.8. The molecule has 1 fully saturated rings. The largest absolute Gasteiger partial charge is 0.493 e. The lowest BCUT2D eigenvalue weighted by molar-refractivity contribution is -0.127. The van der Waals surface area contributed by atoms with E-state index < -0.39 is 0 Å². The molecule has 6 nitrogen and oxygen atoms in total. The summed E-state index contributed by atoms with van der Waals surface area (Å²) in [6.45, 7) is 1.74. The summed E-state index contributed by atoms with van der Waals surface area (Å²) in [6.07, 6.45) is 3.43. The molecule has 25 heavy (non-hydrogen) atoms. The predicted molar refractivity (Wildman–Crippen MR) is 110 cm³/mol. The minimum atomic E-state index is -0.00472. The second-order valence-electron chi connectivity index (χ2n) is 6.65. The van der Waals surface area contributed by atoms with E-state index in [1.165, 1.54) is 12.8 Å². The normalized spacial score (nSPS) is 19.1. The molecule has 0 radical (unpaired) electrons. The SMILES string of the molecule is CN(C)C(=O)CN=C(NCC1CC1)NC1CCOc2ccccc21.I. The zero-order valence-corrected chi connectivity index (χ0v) is 17.2. The van der Waals surface area contributed by atoms with Crippen molar-refractivity contribution in [3.05, 3.63) is 29.8 Å². The molecule has 1 heterocycles. The first-order chi connectivity index (χ1) is 11.6. The van der Waals surface area contributed by atoms with Gasteiger partial charge in [0.1, 0.15) is 12.3 Å². The molecule has 7 heteroatoms. The Morgan fingerprint density at radius 2 is 2.04 bits per heavy atom. The molecule has 0 saturated heterocycles. The third-order valence-electron chi connectivity index (χ3n) is 4.40. The Morgan fingerprint density at radius 1 is 1.28 bits per heavy atom. The molecule has 1 aromatic rings. The second-order valence-corrected chi connectivity index (χ2v) is 6.65. The molecule has 3 rings (SSSR count). The van der Waals surface area contributed by atoms with E-state index in [1.54, 1.807) is 19.0 Å². The Labute approximate surface area is 166 Å². The minimum absolute atomic E-state index is 0. The Kier molecular flexibility index (Phi) is 7.34. The molecule has 2 aliphatic rings. The minimum Gasteiger partial charge on any atom is -0.493 e. The first-order valence-corrected chi connectivity index (χ1v) is 8.60. The van der Waals surface area contributed by atoms with E-state index in [0.717, 1.165) is 30.2 Å². The number of para-hydroxylation sites is 1. The highest BCUT2D eigenvalue weighted by Crippen LogP contribution is 2.31. The molecule has 1 amide bonds. The zero-order chi connectivity index (χ0) is 16.9. The molecule has 1 aliphatic carbocycles. The topological polar surface area (TPSA) is 66.0 Å². The van der Waals surface area contributed by atoms with Crippen molar-refractivity contribution in [2.24, 2.45) is 10.9 Å². The molecule has 2 N–H and O–H groups in total. The number of benzene rings is 1. The average molecular weight is 458 g/mol. The molecule has 1 aromatic carbocycles. The first-order valence-electron chi connectivity index (χ1n) is 8.60. The number of nitrogens with zero attached hydrogens (tertiary/aromatic N) is 2. The number of nitrogens with one attached hydrogen (secondary N) is 2. The third kappa shape index (κ3) is 5.76. The number of carbonyl (C=O) groups excluding carboxylic acids is 1. The first kappa shape index (κ1) is 19.8. The van der Waals surface area contributed by atoms with Crippen molar-refractivity contribution < 1.29 is 9.53 Å². The summed E-state index contributed by atoms with van der Waals surface area (Å²) in [5, 5.41) is 6.86. The smallest absolute Gasteiger partial charge is 0.243 e. The third-order valence-corrected chi connectivity index (χ3v) is 4.40. The molecule has 138 valence electrons. The highest BCUT2D eigenvalue weighted by molar-refractivity contribution is 14.0. The van der Waals surface area contributed by atoms with E-state index >= 15 is 0 Å². The second kappa shape index (κ2) is 9.26. The molecule has 1 saturated carbocycles. The van der Waals surface area contributed by atoms with Crippen molar-refractivity contribution in [3.8, 4) is 5.75 Å². The number of ether oxygens (including phenoxy) is 1. The van der Waals surface area contributed by atoms with Crippen molar-refractivity contribution in [2.75, 3.05) is 33.8 Å². The molecule has 0 bridgehead atoms. The van der Waals surface area contributed by atoms with Crippen LogP contribution in [0.5, 0.6) is 5.75 Å². The Morgan fingerprint density at radius 3 is 2.76 bits per heavy atom. The van der Waals surface area contributed by atoms with Gasteiger partial charge < -0.3 is 20.3 Å². The van der Waals surface area contributed by atoms with Crippen molar-refractivity contribution in [1.82, 2.24) is 15.5 Å². The fourth-order valence-electron chi connectivity index (χ4n) is 2.66. The fraction of sp³-hybridized carbons (Fsp3) is 0.556. The van der Waals surface area contributed by atoms with Gasteiger partial charge in [-0.05, 0) is 24.8 Å². The number of amides is 1. The monoisotopic (exact) mass is 458 g/mol. The van der Waals surface area contributed by atoms with Gasteiger partial charge >= 0.3 is 0 Å². The van der Waals surface area contributed by atoms with E-state index in [4.69, 9.17) is 4.74 Å². The number of aliphatic imine (C=N–C) groups is 1. The van der Waals surface area contributed by atoms with E-state index in [-0.39, 0.29) is 42.5 Å². The summed E-state index contributed by atoms with van der Waals surface area (Å²) in [4.78, 5) is 17.9. The van der Waals surface area contributed by atoms with Gasteiger partial charge in [0.25, 0.3) is 0 Å². The molecular formula is C18H27IN4O2. The quantitative estimate of drug-likeness (QED) is 0.404. The van der Waals surface area contributed by atoms with Crippen LogP contribution < -0.4 is 15.4 Å². The van der Waals surface area contributed by atoms with Gasteiger partial charge in [-0.3, -0.25) is 4.79 Å². The van der Waals surface area contributed by atoms with Gasteiger partial charge in [-0.25, -0.2) is 4.99 Å². The van der Waals surface area contributed by atoms with Gasteiger partial charge in [-0.1, -0.05) is 18.2 Å². The van der Waals surface area contributed by atoms with Crippen molar-refractivity contribution in [3.63, 3.8) is 0 Å². The highest BCUT2D eigenvalue weighted by Gasteiger charge is 2.24. The van der Waals surface area contributed by atoms with Crippen LogP contribution in [0.15, 0.2) is 29.3 Å². The highest BCUT2D eigenvalue weighted by atomic mass is 127. The van der Waals surface area contributed by atoms with Crippen LogP contribution in [-0.4, -0.2) is 50.6 Å². The van der Waals surface area contributed by atoms with Gasteiger partial charge in [-0.15, -0.1) is 24.0 Å². The number of rotatable bonds is 5. The lowest BCUT2D eigenvalue weighted by Gasteiger charge is -2.28. The summed E-state index contributed by atoms with van der Waals surface area (Å²) in [5.74, 6) is 2.37. The Bertz CT molecular complexity index is 617. The van der Waals surface area contributed by atoms with Crippen LogP contribution in [0, 0.1) is 5.92 Å². The molecule has 0 aromatic heterocycles. The van der Waals surface area contributed by atoms with Gasteiger partial charge in [-0.2, -0.15) is 0 Å². The maximum Gasteiger partial charge on any atom is 0.243 e. The standard InChI is InChI=1S/C18H26N4O2.HI/c1-22(2)17(23)12-20-18(19-11-13-7-8-13)21-15-9-10-24-16-6-4-3-5-14(15)16;/h3-6,13,15H,7-12H2,1-2H3,(H2,19,20,21);1H. The van der Waals surface area contributed by atoms with Crippen LogP contribution in [0.2, 0.25) is 0 Å². The Hall–Kier alpha value is -1.51. The molecule has 0 spiro atoms. The number of hydrogen-bond acceptors (Lipinski definition) is 3. The zero-order valence-electron chi connectivity index (χ0n) is 14.8. The number of carbonyl (C=O) groups is 1. The molecule has 1 unspecified atom stereocenters. The van der Waals surface area contributed by atoms with E-state index in [9.17, 15) is 4.79 Å². The van der Waals surface area contributed by atoms with Crippen LogP contribution in [0.4, 0.5) is 0 Å². The lowest BCUT2D eigenvalue weighted by Crippen LogP contribution is -2.42. The van der Waals surface area contributed by atoms with Crippen LogP contribution >= 0.6 is 24.0 Å². The number of fused-ring (bicyclic) bond motifs is 1. The van der Waals surface area contributed by atoms with E-state index in [0.29, 0.717) is 12.6 Å². The van der Waals surface area contributed by atoms with Crippen LogP contribution in [0.3, 0.4) is 0 Å². The number of guanidine groups is 1. The van der Waals surface area contributed by atoms with Gasteiger partial charge in [0.2, 0.25) is 5.91 Å². The van der Waals surface area contributed by atoms with Crippen LogP contribution in [0.25, 0.3) is 0 Å². The number of hydrogen-bond donors (Lipinski definition) is 2. The van der Waals surface area contributed by atoms with Gasteiger partial charge in [0, 0.05) is 32.6 Å². The molecular weight excluding hydrogens is 431 g/mol. The van der Waals surface area contributed by atoms with Gasteiger partial charge in [0.15, 0.2) is 5.96 Å².